The molecular weight excluding hydrogens is 370 g/mol. The van der Waals surface area contributed by atoms with Gasteiger partial charge >= 0.3 is 6.09 Å². The van der Waals surface area contributed by atoms with Crippen molar-refractivity contribution in [2.45, 2.75) is 45.1 Å². The fraction of sp³-hybridized carbons (Fsp3) is 0.429. The van der Waals surface area contributed by atoms with E-state index in [1.54, 1.807) is 34.1 Å². The fourth-order valence-corrected chi connectivity index (χ4v) is 3.72. The van der Waals surface area contributed by atoms with E-state index in [0.29, 0.717) is 18.7 Å². The fourth-order valence-electron chi connectivity index (χ4n) is 3.72. The third-order valence-corrected chi connectivity index (χ3v) is 5.07. The molecule has 3 aromatic rings. The summed E-state index contributed by atoms with van der Waals surface area (Å²) in [5.41, 5.74) is 2.59. The molecule has 0 unspecified atom stereocenters. The molecule has 0 bridgehead atoms. The Balaban J connectivity index is 1.59. The predicted octanol–water partition coefficient (Wildman–Crippen LogP) is 3.20. The molecule has 29 heavy (non-hydrogen) atoms. The van der Waals surface area contributed by atoms with Crippen molar-refractivity contribution in [3.05, 3.63) is 52.8 Å². The highest BCUT2D eigenvalue weighted by Gasteiger charge is 2.29. The minimum atomic E-state index is -0.509. The molecule has 1 N–H and O–H groups in total. The largest absolute Gasteiger partial charge is 0.444 e. The molecule has 0 aromatic carbocycles. The van der Waals surface area contributed by atoms with E-state index in [4.69, 9.17) is 4.74 Å². The quantitative estimate of drug-likeness (QED) is 0.719. The van der Waals surface area contributed by atoms with Gasteiger partial charge in [0.25, 0.3) is 5.56 Å². The van der Waals surface area contributed by atoms with Gasteiger partial charge in [0.05, 0.1) is 11.9 Å². The van der Waals surface area contributed by atoms with Crippen molar-refractivity contribution in [3.8, 4) is 11.1 Å². The minimum Gasteiger partial charge on any atom is -0.444 e. The molecule has 3 aromatic heterocycles. The number of aromatic amines is 1. The normalized spacial score (nSPS) is 15.6. The zero-order valence-corrected chi connectivity index (χ0v) is 16.9. The van der Waals surface area contributed by atoms with Crippen LogP contribution in [0, 0.1) is 0 Å². The summed E-state index contributed by atoms with van der Waals surface area (Å²) in [6.45, 7) is 6.77. The zero-order chi connectivity index (χ0) is 20.6. The van der Waals surface area contributed by atoms with Gasteiger partial charge < -0.3 is 14.6 Å². The van der Waals surface area contributed by atoms with Crippen LogP contribution in [0.3, 0.4) is 0 Å². The van der Waals surface area contributed by atoms with Crippen molar-refractivity contribution in [2.75, 3.05) is 13.1 Å². The summed E-state index contributed by atoms with van der Waals surface area (Å²) in [5.74, 6) is 0.139. The number of nitrogens with zero attached hydrogens (tertiary/aromatic N) is 4. The van der Waals surface area contributed by atoms with Gasteiger partial charge in [-0.25, -0.2) is 9.31 Å². The lowest BCUT2D eigenvalue weighted by Gasteiger charge is -2.33. The average molecular weight is 395 g/mol. The van der Waals surface area contributed by atoms with Crippen LogP contribution in [0.5, 0.6) is 0 Å². The lowest BCUT2D eigenvalue weighted by Crippen LogP contribution is -2.41. The van der Waals surface area contributed by atoms with E-state index >= 15 is 0 Å². The molecule has 1 saturated heterocycles. The number of hydrogen-bond acceptors (Lipinski definition) is 5. The minimum absolute atomic E-state index is 0.139. The van der Waals surface area contributed by atoms with Crippen LogP contribution in [0.4, 0.5) is 4.79 Å². The number of carbonyl (C=O) groups is 1. The molecule has 4 heterocycles. The summed E-state index contributed by atoms with van der Waals surface area (Å²) in [6.07, 6.45) is 6.43. The number of H-pyrrole nitrogens is 1. The second-order valence-electron chi connectivity index (χ2n) is 8.36. The van der Waals surface area contributed by atoms with Gasteiger partial charge in [-0.1, -0.05) is 6.07 Å². The van der Waals surface area contributed by atoms with Crippen molar-refractivity contribution in [1.29, 1.82) is 0 Å². The van der Waals surface area contributed by atoms with E-state index in [-0.39, 0.29) is 17.6 Å². The van der Waals surface area contributed by atoms with Crippen LogP contribution >= 0.6 is 0 Å². The van der Waals surface area contributed by atoms with E-state index < -0.39 is 5.60 Å². The van der Waals surface area contributed by atoms with E-state index in [1.165, 1.54) is 0 Å². The topological polar surface area (TPSA) is 92.6 Å². The van der Waals surface area contributed by atoms with Gasteiger partial charge in [0.1, 0.15) is 11.2 Å². The Morgan fingerprint density at radius 1 is 1.24 bits per heavy atom. The molecule has 0 saturated carbocycles. The number of ether oxygens (including phenoxy) is 1. The van der Waals surface area contributed by atoms with Crippen molar-refractivity contribution in [2.24, 2.45) is 0 Å². The highest BCUT2D eigenvalue weighted by Crippen LogP contribution is 2.30. The summed E-state index contributed by atoms with van der Waals surface area (Å²) in [5, 5.41) is 4.53. The standard InChI is InChI=1S/C21H25N5O3/c1-21(2,3)29-20(28)25-9-6-14(7-10-25)17-11-18(27)24-19-16(13-23-26(17)19)15-5-4-8-22-12-15/h4-5,8,11-14H,6-7,9-10H2,1-3H3,(H,24,27). The molecule has 8 heteroatoms. The number of fused-ring (bicyclic) bond motifs is 1. The Morgan fingerprint density at radius 2 is 2.00 bits per heavy atom. The maximum Gasteiger partial charge on any atom is 0.410 e. The number of rotatable bonds is 2. The monoisotopic (exact) mass is 395 g/mol. The molecular formula is C21H25N5O3. The molecule has 0 aliphatic carbocycles. The Labute approximate surface area is 168 Å². The SMILES string of the molecule is CC(C)(C)OC(=O)N1CCC(c2cc(=O)[nH]c3c(-c4cccnc4)cnn23)CC1. The van der Waals surface area contributed by atoms with Gasteiger partial charge in [-0.2, -0.15) is 5.10 Å². The highest BCUT2D eigenvalue weighted by molar-refractivity contribution is 5.76. The first-order valence-electron chi connectivity index (χ1n) is 9.81. The smallest absolute Gasteiger partial charge is 0.410 e. The average Bonchev–Trinajstić information content (AvgIpc) is 3.10. The van der Waals surface area contributed by atoms with Crippen LogP contribution in [-0.2, 0) is 4.74 Å². The van der Waals surface area contributed by atoms with E-state index in [0.717, 1.165) is 29.7 Å². The molecule has 0 atom stereocenters. The molecule has 0 radical (unpaired) electrons. The van der Waals surface area contributed by atoms with Gasteiger partial charge in [0.15, 0.2) is 0 Å². The third-order valence-electron chi connectivity index (χ3n) is 5.07. The number of amides is 1. The van der Waals surface area contributed by atoms with Crippen LogP contribution in [0.1, 0.15) is 45.2 Å². The van der Waals surface area contributed by atoms with Gasteiger partial charge in [0.2, 0.25) is 0 Å². The second kappa shape index (κ2) is 7.35. The number of carbonyl (C=O) groups excluding carboxylic acids is 1. The Hall–Kier alpha value is -3.16. The second-order valence-corrected chi connectivity index (χ2v) is 8.36. The first-order valence-corrected chi connectivity index (χ1v) is 9.81. The first-order chi connectivity index (χ1) is 13.8. The maximum atomic E-state index is 12.4. The Kier molecular flexibility index (Phi) is 4.86. The number of aromatic nitrogens is 4. The van der Waals surface area contributed by atoms with Crippen molar-refractivity contribution < 1.29 is 9.53 Å². The number of pyridine rings is 1. The molecule has 152 valence electrons. The number of nitrogens with one attached hydrogen (secondary N) is 1. The summed E-state index contributed by atoms with van der Waals surface area (Å²) < 4.78 is 7.27. The van der Waals surface area contributed by atoms with Gasteiger partial charge in [-0.3, -0.25) is 9.78 Å². The van der Waals surface area contributed by atoms with E-state index in [9.17, 15) is 9.59 Å². The summed E-state index contributed by atoms with van der Waals surface area (Å²) >= 11 is 0. The number of piperidine rings is 1. The van der Waals surface area contributed by atoms with Crippen LogP contribution in [0.25, 0.3) is 16.8 Å². The van der Waals surface area contributed by atoms with E-state index in [1.807, 2.05) is 32.9 Å². The Morgan fingerprint density at radius 3 is 2.66 bits per heavy atom. The highest BCUT2D eigenvalue weighted by atomic mass is 16.6. The number of hydrogen-bond donors (Lipinski definition) is 1. The van der Waals surface area contributed by atoms with Crippen LogP contribution in [0.2, 0.25) is 0 Å². The number of likely N-dealkylation sites (tertiary alicyclic amines) is 1. The zero-order valence-electron chi connectivity index (χ0n) is 16.9. The lowest BCUT2D eigenvalue weighted by molar-refractivity contribution is 0.0203. The molecule has 1 aliphatic heterocycles. The molecule has 1 fully saturated rings. The molecule has 0 spiro atoms. The molecule has 4 rings (SSSR count). The van der Waals surface area contributed by atoms with Crippen molar-refractivity contribution in [1.82, 2.24) is 24.5 Å². The molecule has 1 aliphatic rings. The van der Waals surface area contributed by atoms with Gasteiger partial charge in [-0.05, 0) is 39.7 Å². The third kappa shape index (κ3) is 4.01. The first kappa shape index (κ1) is 19.2. The molecule has 8 nitrogen and oxygen atoms in total. The Bertz CT molecular complexity index is 1070. The van der Waals surface area contributed by atoms with E-state index in [2.05, 4.69) is 15.1 Å². The lowest BCUT2D eigenvalue weighted by atomic mass is 9.93. The van der Waals surface area contributed by atoms with Crippen LogP contribution < -0.4 is 5.56 Å². The van der Waals surface area contributed by atoms with Crippen molar-refractivity contribution >= 4 is 11.7 Å². The van der Waals surface area contributed by atoms with Crippen molar-refractivity contribution in [3.63, 3.8) is 0 Å². The summed E-state index contributed by atoms with van der Waals surface area (Å²) in [7, 11) is 0. The molecule has 1 amide bonds. The van der Waals surface area contributed by atoms with Gasteiger partial charge in [-0.15, -0.1) is 0 Å². The predicted molar refractivity (Wildman–Crippen MR) is 109 cm³/mol. The van der Waals surface area contributed by atoms with Crippen LogP contribution in [0.15, 0.2) is 41.6 Å². The summed E-state index contributed by atoms with van der Waals surface area (Å²) in [4.78, 5) is 33.5. The summed E-state index contributed by atoms with van der Waals surface area (Å²) in [6, 6.07) is 5.41. The van der Waals surface area contributed by atoms with Crippen LogP contribution in [-0.4, -0.2) is 49.3 Å². The van der Waals surface area contributed by atoms with Gasteiger partial charge in [0, 0.05) is 48.6 Å². The maximum absolute atomic E-state index is 12.4.